The Balaban J connectivity index is 1.56. The monoisotopic (exact) mass is 428 g/mol. The van der Waals surface area contributed by atoms with Gasteiger partial charge in [-0.25, -0.2) is 0 Å². The minimum absolute atomic E-state index is 0.256. The molecule has 1 saturated heterocycles. The number of terminal acetylenes is 1. The molecule has 1 heterocycles. The molecule has 0 aromatic heterocycles. The maximum absolute atomic E-state index is 5.71. The van der Waals surface area contributed by atoms with Gasteiger partial charge in [-0.15, -0.1) is 6.42 Å². The van der Waals surface area contributed by atoms with Crippen molar-refractivity contribution in [2.75, 3.05) is 32.8 Å². The smallest absolute Gasteiger partial charge is 0.148 e. The third-order valence-electron chi connectivity index (χ3n) is 4.40. The number of hydrogen-bond donors (Lipinski definition) is 0. The van der Waals surface area contributed by atoms with Crippen molar-refractivity contribution in [3.63, 3.8) is 0 Å². The first-order valence-electron chi connectivity index (χ1n) is 8.59. The zero-order valence-corrected chi connectivity index (χ0v) is 16.9. The molecule has 0 unspecified atom stereocenters. The van der Waals surface area contributed by atoms with Crippen LogP contribution in [0.5, 0.6) is 5.75 Å². The maximum atomic E-state index is 5.71. The second-order valence-electron chi connectivity index (χ2n) is 6.19. The summed E-state index contributed by atoms with van der Waals surface area (Å²) in [4.78, 5) is 5.63. The van der Waals surface area contributed by atoms with Crippen LogP contribution in [-0.2, 0) is 6.54 Å². The van der Waals surface area contributed by atoms with Gasteiger partial charge in [0.1, 0.15) is 17.3 Å². The highest BCUT2D eigenvalue weighted by molar-refractivity contribution is 9.10. The van der Waals surface area contributed by atoms with Crippen molar-refractivity contribution in [3.05, 3.63) is 64.1 Å². The van der Waals surface area contributed by atoms with Crippen LogP contribution < -0.4 is 4.74 Å². The van der Waals surface area contributed by atoms with E-state index in [0.29, 0.717) is 0 Å². The van der Waals surface area contributed by atoms with Crippen LogP contribution in [0.15, 0.2) is 53.0 Å². The molecule has 5 heteroatoms. The Morgan fingerprint density at radius 3 is 2.50 bits per heavy atom. The molecule has 2 aromatic rings. The molecule has 0 amide bonds. The first kappa shape index (κ1) is 18.9. The van der Waals surface area contributed by atoms with Crippen LogP contribution in [0.4, 0.5) is 0 Å². The quantitative estimate of drug-likeness (QED) is 0.528. The summed E-state index contributed by atoms with van der Waals surface area (Å²) in [6.07, 6.45) is 5.24. The maximum Gasteiger partial charge on any atom is 0.148 e. The molecule has 0 atom stereocenters. The lowest BCUT2D eigenvalue weighted by Crippen LogP contribution is -2.48. The number of ether oxygens (including phenoxy) is 1. The summed E-state index contributed by atoms with van der Waals surface area (Å²) in [5.41, 5.74) is 2.38. The van der Waals surface area contributed by atoms with Gasteiger partial charge in [-0.1, -0.05) is 48.5 Å². The molecule has 26 heavy (non-hydrogen) atoms. The minimum atomic E-state index is 0.256. The molecule has 0 radical (unpaired) electrons. The molecule has 3 nitrogen and oxygen atoms in total. The summed E-state index contributed by atoms with van der Waals surface area (Å²) in [7, 11) is 0. The van der Waals surface area contributed by atoms with Crippen molar-refractivity contribution in [1.82, 2.24) is 9.80 Å². The molecule has 0 N–H and O–H groups in total. The molecule has 0 bridgehead atoms. The Morgan fingerprint density at radius 1 is 1.12 bits per heavy atom. The normalized spacial score (nSPS) is 14.7. The SMILES string of the molecule is C#CCOc1ccc(C(=S)N2CCN(Cc3ccccc3)CC2)cc1Br. The van der Waals surface area contributed by atoms with Gasteiger partial charge in [0.25, 0.3) is 0 Å². The number of halogens is 1. The molecule has 3 rings (SSSR count). The van der Waals surface area contributed by atoms with Gasteiger partial charge < -0.3 is 9.64 Å². The number of piperazine rings is 1. The Labute approximate surface area is 169 Å². The zero-order chi connectivity index (χ0) is 18.4. The number of nitrogens with zero attached hydrogens (tertiary/aromatic N) is 2. The predicted octanol–water partition coefficient (Wildman–Crippen LogP) is 3.95. The fraction of sp³-hybridized carbons (Fsp3) is 0.286. The van der Waals surface area contributed by atoms with Crippen molar-refractivity contribution in [2.45, 2.75) is 6.54 Å². The van der Waals surface area contributed by atoms with E-state index in [2.05, 4.69) is 62.0 Å². The van der Waals surface area contributed by atoms with Crippen molar-refractivity contribution < 1.29 is 4.74 Å². The summed E-state index contributed by atoms with van der Waals surface area (Å²) in [6, 6.07) is 16.5. The third kappa shape index (κ3) is 4.85. The first-order valence-corrected chi connectivity index (χ1v) is 9.79. The van der Waals surface area contributed by atoms with Crippen molar-refractivity contribution in [2.24, 2.45) is 0 Å². The second kappa shape index (κ2) is 9.18. The molecule has 0 saturated carbocycles. The van der Waals surface area contributed by atoms with Crippen molar-refractivity contribution in [3.8, 4) is 18.1 Å². The largest absolute Gasteiger partial charge is 0.480 e. The lowest BCUT2D eigenvalue weighted by molar-refractivity contribution is 0.177. The van der Waals surface area contributed by atoms with E-state index in [4.69, 9.17) is 23.4 Å². The standard InChI is InChI=1S/C21H21BrN2OS/c1-2-14-25-20-9-8-18(15-19(20)22)21(26)24-12-10-23(11-13-24)16-17-6-4-3-5-7-17/h1,3-9,15H,10-14,16H2. The van der Waals surface area contributed by atoms with E-state index in [1.807, 2.05) is 18.2 Å². The summed E-state index contributed by atoms with van der Waals surface area (Å²) in [6.45, 7) is 5.16. The Morgan fingerprint density at radius 2 is 1.85 bits per heavy atom. The summed E-state index contributed by atoms with van der Waals surface area (Å²) in [5.74, 6) is 3.21. The van der Waals surface area contributed by atoms with Crippen LogP contribution in [0.1, 0.15) is 11.1 Å². The Bertz CT molecular complexity index is 795. The van der Waals surface area contributed by atoms with E-state index in [0.717, 1.165) is 53.5 Å². The molecule has 1 aliphatic heterocycles. The van der Waals surface area contributed by atoms with Gasteiger partial charge in [0.15, 0.2) is 0 Å². The molecular weight excluding hydrogens is 408 g/mol. The average Bonchev–Trinajstić information content (AvgIpc) is 2.68. The highest BCUT2D eigenvalue weighted by atomic mass is 79.9. The number of benzene rings is 2. The molecule has 2 aromatic carbocycles. The molecule has 134 valence electrons. The van der Waals surface area contributed by atoms with Gasteiger partial charge in [-0.2, -0.15) is 0 Å². The predicted molar refractivity (Wildman–Crippen MR) is 113 cm³/mol. The molecule has 0 spiro atoms. The van der Waals surface area contributed by atoms with E-state index in [1.165, 1.54) is 5.56 Å². The molecule has 1 fully saturated rings. The van der Waals surface area contributed by atoms with E-state index in [9.17, 15) is 0 Å². The first-order chi connectivity index (χ1) is 12.7. The molecule has 0 aliphatic carbocycles. The van der Waals surface area contributed by atoms with Gasteiger partial charge in [-0.3, -0.25) is 4.90 Å². The van der Waals surface area contributed by atoms with Gasteiger partial charge in [-0.05, 0) is 39.7 Å². The van der Waals surface area contributed by atoms with Crippen molar-refractivity contribution >= 4 is 33.1 Å². The Kier molecular flexibility index (Phi) is 6.67. The van der Waals surface area contributed by atoms with E-state index < -0.39 is 0 Å². The summed E-state index contributed by atoms with van der Waals surface area (Å²) < 4.78 is 6.36. The minimum Gasteiger partial charge on any atom is -0.480 e. The fourth-order valence-corrected chi connectivity index (χ4v) is 3.81. The van der Waals surface area contributed by atoms with Gasteiger partial charge in [0.2, 0.25) is 0 Å². The van der Waals surface area contributed by atoms with Crippen LogP contribution in [0.25, 0.3) is 0 Å². The highest BCUT2D eigenvalue weighted by Gasteiger charge is 2.20. The molecular formula is C21H21BrN2OS. The van der Waals surface area contributed by atoms with Crippen LogP contribution in [0.3, 0.4) is 0 Å². The van der Waals surface area contributed by atoms with Crippen LogP contribution in [0, 0.1) is 12.3 Å². The van der Waals surface area contributed by atoms with Crippen LogP contribution in [0.2, 0.25) is 0 Å². The van der Waals surface area contributed by atoms with Crippen molar-refractivity contribution in [1.29, 1.82) is 0 Å². The Hall–Kier alpha value is -1.87. The zero-order valence-electron chi connectivity index (χ0n) is 14.5. The van der Waals surface area contributed by atoms with Gasteiger partial charge >= 0.3 is 0 Å². The topological polar surface area (TPSA) is 15.7 Å². The number of thiocarbonyl (C=S) groups is 1. The summed E-state index contributed by atoms with van der Waals surface area (Å²) >= 11 is 9.25. The lowest BCUT2D eigenvalue weighted by Gasteiger charge is -2.36. The van der Waals surface area contributed by atoms with Crippen LogP contribution >= 0.6 is 28.1 Å². The van der Waals surface area contributed by atoms with Crippen LogP contribution in [-0.4, -0.2) is 47.6 Å². The third-order valence-corrected chi connectivity index (χ3v) is 5.51. The van der Waals surface area contributed by atoms with E-state index in [-0.39, 0.29) is 6.61 Å². The van der Waals surface area contributed by atoms with E-state index in [1.54, 1.807) is 0 Å². The lowest BCUT2D eigenvalue weighted by atomic mass is 10.1. The second-order valence-corrected chi connectivity index (χ2v) is 7.43. The fourth-order valence-electron chi connectivity index (χ4n) is 3.00. The van der Waals surface area contributed by atoms with Gasteiger partial charge in [0, 0.05) is 38.3 Å². The molecule has 1 aliphatic rings. The average molecular weight is 429 g/mol. The van der Waals surface area contributed by atoms with E-state index >= 15 is 0 Å². The summed E-state index contributed by atoms with van der Waals surface area (Å²) in [5, 5.41) is 0. The number of rotatable bonds is 5. The number of hydrogen-bond acceptors (Lipinski definition) is 3. The highest BCUT2D eigenvalue weighted by Crippen LogP contribution is 2.27. The van der Waals surface area contributed by atoms with Gasteiger partial charge in [0.05, 0.1) is 4.47 Å².